The Morgan fingerprint density at radius 2 is 0.962 bits per heavy atom. The zero-order chi connectivity index (χ0) is 19.9. The van der Waals surface area contributed by atoms with Crippen LogP contribution in [0.25, 0.3) is 0 Å². The van der Waals surface area contributed by atoms with Crippen molar-refractivity contribution in [3.8, 4) is 0 Å². The van der Waals surface area contributed by atoms with Gasteiger partial charge in [0.05, 0.1) is 13.2 Å². The highest BCUT2D eigenvalue weighted by Crippen LogP contribution is 1.92. The molecule has 0 fully saturated rings. The molecule has 2 aliphatic heterocycles. The fraction of sp³-hybridized carbons (Fsp3) is 0.375. The van der Waals surface area contributed by atoms with Gasteiger partial charge in [-0.2, -0.15) is 0 Å². The van der Waals surface area contributed by atoms with E-state index in [-0.39, 0.29) is 35.6 Å². The number of imide groups is 2. The molecule has 0 aliphatic carbocycles. The predicted molar refractivity (Wildman–Crippen MR) is 87.1 cm³/mol. The lowest BCUT2D eigenvalue weighted by atomic mass is 10.3. The molecule has 2 rings (SSSR count). The van der Waals surface area contributed by atoms with Crippen molar-refractivity contribution < 1.29 is 38.2 Å². The standard InChI is InChI=1S/C8H14O4.2C4H3NO2/c1-7(9)11-5-3-4-6-12-8(2)10;2*6-3-1-2-4(7)5-3/h3-6H2,1-2H3;2*1-2H,(H,5,6,7). The van der Waals surface area contributed by atoms with E-state index in [0.29, 0.717) is 13.2 Å². The molecular weight excluding hydrogens is 348 g/mol. The zero-order valence-electron chi connectivity index (χ0n) is 14.4. The van der Waals surface area contributed by atoms with Gasteiger partial charge in [0.15, 0.2) is 0 Å². The maximum atomic E-state index is 10.3. The molecule has 0 atom stereocenters. The normalized spacial score (nSPS) is 13.8. The number of hydrogen-bond acceptors (Lipinski definition) is 8. The summed E-state index contributed by atoms with van der Waals surface area (Å²) in [6.07, 6.45) is 6.25. The van der Waals surface area contributed by atoms with Gasteiger partial charge in [-0.1, -0.05) is 0 Å². The molecule has 0 saturated carbocycles. The van der Waals surface area contributed by atoms with Crippen LogP contribution in [0.15, 0.2) is 24.3 Å². The van der Waals surface area contributed by atoms with Crippen molar-refractivity contribution in [2.75, 3.05) is 13.2 Å². The lowest BCUT2D eigenvalue weighted by molar-refractivity contribution is -0.143. The number of rotatable bonds is 5. The molecule has 10 heteroatoms. The predicted octanol–water partition coefficient (Wildman–Crippen LogP) is -0.709. The Hall–Kier alpha value is -3.30. The molecule has 2 N–H and O–H groups in total. The number of amides is 4. The first kappa shape index (κ1) is 22.7. The second kappa shape index (κ2) is 13.0. The molecule has 0 bridgehead atoms. The van der Waals surface area contributed by atoms with Gasteiger partial charge >= 0.3 is 11.9 Å². The van der Waals surface area contributed by atoms with Crippen LogP contribution in [0.2, 0.25) is 0 Å². The number of carbonyl (C=O) groups excluding carboxylic acids is 6. The summed E-state index contributed by atoms with van der Waals surface area (Å²) in [5.74, 6) is -1.87. The highest BCUT2D eigenvalue weighted by Gasteiger charge is 2.07. The summed E-state index contributed by atoms with van der Waals surface area (Å²) in [6, 6.07) is 0. The Morgan fingerprint density at radius 1 is 0.692 bits per heavy atom. The van der Waals surface area contributed by atoms with Crippen molar-refractivity contribution in [3.63, 3.8) is 0 Å². The van der Waals surface area contributed by atoms with E-state index < -0.39 is 0 Å². The summed E-state index contributed by atoms with van der Waals surface area (Å²) in [6.45, 7) is 3.53. The summed E-state index contributed by atoms with van der Waals surface area (Å²) in [4.78, 5) is 60.7. The third-order valence-electron chi connectivity index (χ3n) is 2.41. The van der Waals surface area contributed by atoms with Crippen LogP contribution in [0, 0.1) is 0 Å². The second-order valence-corrected chi connectivity index (χ2v) is 4.76. The van der Waals surface area contributed by atoms with Gasteiger partial charge in [0.25, 0.3) is 23.6 Å². The average molecular weight is 368 g/mol. The maximum Gasteiger partial charge on any atom is 0.302 e. The Labute approximate surface area is 149 Å². The minimum Gasteiger partial charge on any atom is -0.466 e. The van der Waals surface area contributed by atoms with E-state index in [0.717, 1.165) is 12.8 Å². The number of unbranched alkanes of at least 4 members (excludes halogenated alkanes) is 1. The van der Waals surface area contributed by atoms with Gasteiger partial charge in [-0.05, 0) is 12.8 Å². The minimum atomic E-state index is -0.329. The van der Waals surface area contributed by atoms with Crippen molar-refractivity contribution in [2.24, 2.45) is 0 Å². The van der Waals surface area contributed by atoms with Crippen LogP contribution in [0.4, 0.5) is 0 Å². The topological polar surface area (TPSA) is 145 Å². The first-order valence-corrected chi connectivity index (χ1v) is 7.53. The van der Waals surface area contributed by atoms with Crippen LogP contribution in [0.5, 0.6) is 0 Å². The largest absolute Gasteiger partial charge is 0.466 e. The lowest BCUT2D eigenvalue weighted by Crippen LogP contribution is -2.19. The third kappa shape index (κ3) is 14.3. The number of nitrogens with one attached hydrogen (secondary N) is 2. The van der Waals surface area contributed by atoms with E-state index >= 15 is 0 Å². The molecule has 0 saturated heterocycles. The van der Waals surface area contributed by atoms with E-state index in [2.05, 4.69) is 9.47 Å². The number of carbonyl (C=O) groups is 6. The lowest BCUT2D eigenvalue weighted by Gasteiger charge is -2.01. The summed E-state index contributed by atoms with van der Waals surface area (Å²) in [5, 5.41) is 4.06. The van der Waals surface area contributed by atoms with Crippen molar-refractivity contribution in [1.82, 2.24) is 10.6 Å². The van der Waals surface area contributed by atoms with Crippen molar-refractivity contribution in [1.29, 1.82) is 0 Å². The van der Waals surface area contributed by atoms with E-state index in [1.54, 1.807) is 0 Å². The molecule has 0 aromatic rings. The van der Waals surface area contributed by atoms with Crippen LogP contribution in [0.3, 0.4) is 0 Å². The molecule has 0 unspecified atom stereocenters. The highest BCUT2D eigenvalue weighted by atomic mass is 16.5. The molecule has 0 aromatic carbocycles. The van der Waals surface area contributed by atoms with Crippen LogP contribution in [0.1, 0.15) is 26.7 Å². The summed E-state index contributed by atoms with van der Waals surface area (Å²) >= 11 is 0. The molecule has 0 radical (unpaired) electrons. The summed E-state index contributed by atoms with van der Waals surface area (Å²) in [7, 11) is 0. The quantitative estimate of drug-likeness (QED) is 0.368. The second-order valence-electron chi connectivity index (χ2n) is 4.76. The van der Waals surface area contributed by atoms with Gasteiger partial charge in [0.2, 0.25) is 0 Å². The zero-order valence-corrected chi connectivity index (χ0v) is 14.4. The van der Waals surface area contributed by atoms with Gasteiger partial charge in [-0.3, -0.25) is 39.4 Å². The van der Waals surface area contributed by atoms with Crippen LogP contribution in [-0.4, -0.2) is 48.8 Å². The first-order valence-electron chi connectivity index (χ1n) is 7.53. The molecule has 4 amide bonds. The van der Waals surface area contributed by atoms with E-state index in [1.165, 1.54) is 38.2 Å². The molecule has 0 spiro atoms. The monoisotopic (exact) mass is 368 g/mol. The average Bonchev–Trinajstić information content (AvgIpc) is 3.10. The van der Waals surface area contributed by atoms with Gasteiger partial charge in [-0.15, -0.1) is 0 Å². The fourth-order valence-corrected chi connectivity index (χ4v) is 1.35. The number of hydrogen-bond donors (Lipinski definition) is 2. The van der Waals surface area contributed by atoms with Crippen LogP contribution < -0.4 is 10.6 Å². The van der Waals surface area contributed by atoms with Gasteiger partial charge < -0.3 is 9.47 Å². The smallest absolute Gasteiger partial charge is 0.302 e. The molecule has 142 valence electrons. The molecule has 2 heterocycles. The van der Waals surface area contributed by atoms with Gasteiger partial charge in [-0.25, -0.2) is 0 Å². The van der Waals surface area contributed by atoms with Crippen molar-refractivity contribution in [2.45, 2.75) is 26.7 Å². The van der Waals surface area contributed by atoms with Crippen molar-refractivity contribution >= 4 is 35.6 Å². The molecule has 26 heavy (non-hydrogen) atoms. The molecule has 2 aliphatic rings. The highest BCUT2D eigenvalue weighted by molar-refractivity contribution is 6.13. The SMILES string of the molecule is CC(=O)OCCCCOC(C)=O.O=C1C=CC(=O)N1.O=C1C=CC(=O)N1. The molecular formula is C16H20N2O8. The van der Waals surface area contributed by atoms with Crippen LogP contribution >= 0.6 is 0 Å². The van der Waals surface area contributed by atoms with Crippen molar-refractivity contribution in [3.05, 3.63) is 24.3 Å². The Morgan fingerprint density at radius 3 is 1.12 bits per heavy atom. The van der Waals surface area contributed by atoms with E-state index in [4.69, 9.17) is 0 Å². The number of esters is 2. The first-order chi connectivity index (χ1) is 12.2. The Kier molecular flexibility index (Phi) is 11.4. The summed E-state index contributed by atoms with van der Waals surface area (Å²) < 4.78 is 9.34. The number of ether oxygens (including phenoxy) is 2. The Balaban J connectivity index is 0.000000381. The maximum absolute atomic E-state index is 10.3. The van der Waals surface area contributed by atoms with E-state index in [1.807, 2.05) is 10.6 Å². The van der Waals surface area contributed by atoms with E-state index in [9.17, 15) is 28.8 Å². The van der Waals surface area contributed by atoms with Gasteiger partial charge in [0, 0.05) is 38.2 Å². The molecule has 0 aromatic heterocycles. The molecule has 10 nitrogen and oxygen atoms in total. The third-order valence-corrected chi connectivity index (χ3v) is 2.41. The van der Waals surface area contributed by atoms with Crippen LogP contribution in [-0.2, 0) is 38.2 Å². The van der Waals surface area contributed by atoms with Gasteiger partial charge in [0.1, 0.15) is 0 Å². The summed E-state index contributed by atoms with van der Waals surface area (Å²) in [5.41, 5.74) is 0. The fourth-order valence-electron chi connectivity index (χ4n) is 1.35. The Bertz CT molecular complexity index is 536. The minimum absolute atomic E-state index is 0.275.